The van der Waals surface area contributed by atoms with Crippen molar-refractivity contribution in [1.29, 1.82) is 5.26 Å². The Bertz CT molecular complexity index is 558. The number of carbonyl (C=O) groups is 1. The number of nitrogens with zero attached hydrogens (tertiary/aromatic N) is 2. The molecule has 0 N–H and O–H groups in total. The van der Waals surface area contributed by atoms with Crippen LogP contribution in [0.5, 0.6) is 0 Å². The van der Waals surface area contributed by atoms with Gasteiger partial charge in [0.15, 0.2) is 0 Å². The maximum absolute atomic E-state index is 11.9. The largest absolute Gasteiger partial charge is 0.459 e. The van der Waals surface area contributed by atoms with Crippen molar-refractivity contribution in [2.45, 2.75) is 45.3 Å². The molecule has 1 aromatic rings. The summed E-state index contributed by atoms with van der Waals surface area (Å²) >= 11 is 0. The molecule has 0 aliphatic carbocycles. The van der Waals surface area contributed by atoms with Crippen LogP contribution in [-0.2, 0) is 4.74 Å². The molecule has 0 aliphatic rings. The molecule has 0 bridgehead atoms. The minimum atomic E-state index is -1.03. The fourth-order valence-electron chi connectivity index (χ4n) is 1.64. The fourth-order valence-corrected chi connectivity index (χ4v) is 1.64. The van der Waals surface area contributed by atoms with Gasteiger partial charge in [-0.3, -0.25) is 10.1 Å². The average Bonchev–Trinajstić information content (AvgIpc) is 2.45. The van der Waals surface area contributed by atoms with E-state index in [0.717, 1.165) is 0 Å². The van der Waals surface area contributed by atoms with Crippen molar-refractivity contribution in [3.8, 4) is 6.07 Å². The van der Waals surface area contributed by atoms with Gasteiger partial charge in [-0.05, 0) is 37.6 Å². The molecule has 21 heavy (non-hydrogen) atoms. The zero-order valence-electron chi connectivity index (χ0n) is 12.3. The molecule has 0 fully saturated rings. The van der Waals surface area contributed by atoms with Gasteiger partial charge in [-0.15, -0.1) is 0 Å². The summed E-state index contributed by atoms with van der Waals surface area (Å²) in [7, 11) is 0. The number of ether oxygens (including phenoxy) is 1. The average molecular weight is 290 g/mol. The van der Waals surface area contributed by atoms with Crippen LogP contribution in [0.25, 0.3) is 0 Å². The molecule has 0 amide bonds. The van der Waals surface area contributed by atoms with Crippen molar-refractivity contribution in [3.05, 3.63) is 45.5 Å². The van der Waals surface area contributed by atoms with Gasteiger partial charge in [-0.1, -0.05) is 0 Å². The topological polar surface area (TPSA) is 93.2 Å². The molecule has 0 heterocycles. The van der Waals surface area contributed by atoms with E-state index in [0.29, 0.717) is 24.0 Å². The van der Waals surface area contributed by atoms with Crippen LogP contribution in [0.4, 0.5) is 0 Å². The molecule has 1 aromatic carbocycles. The van der Waals surface area contributed by atoms with Crippen molar-refractivity contribution < 1.29 is 14.5 Å². The maximum Gasteiger partial charge on any atom is 0.338 e. The first-order chi connectivity index (χ1) is 9.76. The number of nitro groups is 1. The number of esters is 1. The van der Waals surface area contributed by atoms with Gasteiger partial charge in [0, 0.05) is 25.2 Å². The third kappa shape index (κ3) is 4.88. The van der Waals surface area contributed by atoms with Crippen molar-refractivity contribution in [1.82, 2.24) is 0 Å². The van der Waals surface area contributed by atoms with Gasteiger partial charge in [0.1, 0.15) is 0 Å². The second-order valence-corrected chi connectivity index (χ2v) is 5.51. The standard InChI is InChI=1S/C15H18N2O4/c1-11(8-9-15(2,3)17(19)20)21-14(18)13-6-4-12(10-16)5-7-13/h4-7,11H,8-9H2,1-3H3. The second-order valence-electron chi connectivity index (χ2n) is 5.51. The zero-order valence-corrected chi connectivity index (χ0v) is 12.3. The highest BCUT2D eigenvalue weighted by atomic mass is 16.6. The fraction of sp³-hybridized carbons (Fsp3) is 0.467. The lowest BCUT2D eigenvalue weighted by molar-refractivity contribution is -0.561. The molecule has 112 valence electrons. The Morgan fingerprint density at radius 1 is 1.43 bits per heavy atom. The maximum atomic E-state index is 11.9. The highest BCUT2D eigenvalue weighted by molar-refractivity contribution is 5.89. The predicted octanol–water partition coefficient (Wildman–Crippen LogP) is 2.94. The van der Waals surface area contributed by atoms with Gasteiger partial charge >= 0.3 is 5.97 Å². The first kappa shape index (κ1) is 16.6. The molecule has 0 saturated heterocycles. The predicted molar refractivity (Wildman–Crippen MR) is 76.3 cm³/mol. The molecule has 0 spiro atoms. The summed E-state index contributed by atoms with van der Waals surface area (Å²) in [5.41, 5.74) is -0.212. The van der Waals surface area contributed by atoms with E-state index in [4.69, 9.17) is 10.00 Å². The molecular weight excluding hydrogens is 272 g/mol. The molecule has 0 radical (unpaired) electrons. The summed E-state index contributed by atoms with van der Waals surface area (Å²) in [6.07, 6.45) is 0.324. The lowest BCUT2D eigenvalue weighted by atomic mass is 9.98. The molecule has 1 rings (SSSR count). The summed E-state index contributed by atoms with van der Waals surface area (Å²) < 4.78 is 5.24. The minimum absolute atomic E-state index is 0.321. The summed E-state index contributed by atoms with van der Waals surface area (Å²) in [4.78, 5) is 22.4. The molecule has 0 saturated carbocycles. The quantitative estimate of drug-likeness (QED) is 0.456. The van der Waals surface area contributed by atoms with E-state index < -0.39 is 17.6 Å². The van der Waals surface area contributed by atoms with Crippen molar-refractivity contribution in [2.75, 3.05) is 0 Å². The van der Waals surface area contributed by atoms with E-state index in [1.54, 1.807) is 20.8 Å². The Labute approximate surface area is 123 Å². The van der Waals surface area contributed by atoms with E-state index >= 15 is 0 Å². The lowest BCUT2D eigenvalue weighted by Crippen LogP contribution is -2.32. The van der Waals surface area contributed by atoms with E-state index in [9.17, 15) is 14.9 Å². The van der Waals surface area contributed by atoms with E-state index in [1.807, 2.05) is 6.07 Å². The monoisotopic (exact) mass is 290 g/mol. The van der Waals surface area contributed by atoms with Crippen LogP contribution in [0.1, 0.15) is 49.5 Å². The molecule has 6 heteroatoms. The van der Waals surface area contributed by atoms with Gasteiger partial charge in [-0.25, -0.2) is 4.79 Å². The Hall–Kier alpha value is -2.42. The second kappa shape index (κ2) is 6.84. The Morgan fingerprint density at radius 3 is 2.48 bits per heavy atom. The minimum Gasteiger partial charge on any atom is -0.459 e. The van der Waals surface area contributed by atoms with Crippen LogP contribution in [-0.4, -0.2) is 22.5 Å². The van der Waals surface area contributed by atoms with E-state index in [-0.39, 0.29) is 4.92 Å². The Kier molecular flexibility index (Phi) is 5.42. The van der Waals surface area contributed by atoms with Gasteiger partial charge in [-0.2, -0.15) is 5.26 Å². The van der Waals surface area contributed by atoms with Crippen LogP contribution in [0.2, 0.25) is 0 Å². The van der Waals surface area contributed by atoms with E-state index in [2.05, 4.69) is 0 Å². The van der Waals surface area contributed by atoms with Gasteiger partial charge < -0.3 is 4.74 Å². The summed E-state index contributed by atoms with van der Waals surface area (Å²) in [6.45, 7) is 4.79. The van der Waals surface area contributed by atoms with Gasteiger partial charge in [0.2, 0.25) is 5.54 Å². The number of rotatable bonds is 6. The summed E-state index contributed by atoms with van der Waals surface area (Å²) in [5.74, 6) is -0.495. The van der Waals surface area contributed by atoms with Crippen LogP contribution in [0.15, 0.2) is 24.3 Å². The van der Waals surface area contributed by atoms with E-state index in [1.165, 1.54) is 24.3 Å². The summed E-state index contributed by atoms with van der Waals surface area (Å²) in [5, 5.41) is 19.5. The highest BCUT2D eigenvalue weighted by Crippen LogP contribution is 2.18. The molecule has 6 nitrogen and oxygen atoms in total. The third-order valence-electron chi connectivity index (χ3n) is 3.21. The number of carbonyl (C=O) groups excluding carboxylic acids is 1. The summed E-state index contributed by atoms with van der Waals surface area (Å²) in [6, 6.07) is 8.09. The van der Waals surface area contributed by atoms with Crippen molar-refractivity contribution >= 4 is 5.97 Å². The van der Waals surface area contributed by atoms with Crippen LogP contribution < -0.4 is 0 Å². The Morgan fingerprint density at radius 2 is 2.00 bits per heavy atom. The number of hydrogen-bond donors (Lipinski definition) is 0. The molecule has 0 aliphatic heterocycles. The van der Waals surface area contributed by atoms with Gasteiger partial charge in [0.05, 0.1) is 23.3 Å². The third-order valence-corrected chi connectivity index (χ3v) is 3.21. The van der Waals surface area contributed by atoms with Crippen molar-refractivity contribution in [3.63, 3.8) is 0 Å². The number of hydrogen-bond acceptors (Lipinski definition) is 5. The smallest absolute Gasteiger partial charge is 0.338 e. The first-order valence-corrected chi connectivity index (χ1v) is 6.62. The van der Waals surface area contributed by atoms with Gasteiger partial charge in [0.25, 0.3) is 0 Å². The van der Waals surface area contributed by atoms with Crippen LogP contribution in [0.3, 0.4) is 0 Å². The van der Waals surface area contributed by atoms with Crippen LogP contribution in [0, 0.1) is 21.4 Å². The Balaban J connectivity index is 2.54. The zero-order chi connectivity index (χ0) is 16.0. The molecular formula is C15H18N2O4. The van der Waals surface area contributed by atoms with Crippen LogP contribution >= 0.6 is 0 Å². The first-order valence-electron chi connectivity index (χ1n) is 6.62. The van der Waals surface area contributed by atoms with Crippen molar-refractivity contribution in [2.24, 2.45) is 0 Å². The number of benzene rings is 1. The number of nitriles is 1. The lowest BCUT2D eigenvalue weighted by Gasteiger charge is -2.18. The SMILES string of the molecule is CC(CCC(C)(C)[N+](=O)[O-])OC(=O)c1ccc(C#N)cc1. The normalized spacial score (nSPS) is 12.3. The highest BCUT2D eigenvalue weighted by Gasteiger charge is 2.31. The molecule has 1 unspecified atom stereocenters. The molecule has 0 aromatic heterocycles. The molecule has 1 atom stereocenters.